The van der Waals surface area contributed by atoms with Gasteiger partial charge in [-0.25, -0.2) is 4.57 Å². The van der Waals surface area contributed by atoms with E-state index in [0.717, 1.165) is 86.9 Å². The van der Waals surface area contributed by atoms with E-state index in [0.29, 0.717) is 11.1 Å². The maximum absolute atomic E-state index is 13.1. The molecule has 10 rings (SSSR count). The Morgan fingerprint density at radius 2 is 0.717 bits per heavy atom. The quantitative estimate of drug-likeness (QED) is 0.138. The SMILES string of the molecule is O=P(O)(O)Oc1c(-c2c3ccccc3cc3ccccc23)cc2ccccc2c1-c1cc(-c2c3ccccc3cc3ccccc23)cc2ccccc12. The van der Waals surface area contributed by atoms with Gasteiger partial charge in [-0.05, 0) is 112 Å². The zero-order chi connectivity index (χ0) is 35.7. The van der Waals surface area contributed by atoms with Gasteiger partial charge in [0.05, 0.1) is 0 Å². The normalized spacial score (nSPS) is 12.0. The zero-order valence-electron chi connectivity index (χ0n) is 28.4. The molecule has 0 saturated carbocycles. The van der Waals surface area contributed by atoms with E-state index in [-0.39, 0.29) is 5.75 Å². The fourth-order valence-corrected chi connectivity index (χ4v) is 8.71. The van der Waals surface area contributed by atoms with Crippen LogP contribution in [0, 0.1) is 0 Å². The van der Waals surface area contributed by atoms with Crippen LogP contribution in [0.3, 0.4) is 0 Å². The van der Waals surface area contributed by atoms with Crippen LogP contribution in [0.4, 0.5) is 0 Å². The Morgan fingerprint density at radius 3 is 1.17 bits per heavy atom. The van der Waals surface area contributed by atoms with Gasteiger partial charge in [-0.1, -0.05) is 146 Å². The number of hydrogen-bond acceptors (Lipinski definition) is 2. The van der Waals surface area contributed by atoms with Crippen LogP contribution in [0.25, 0.3) is 98.0 Å². The van der Waals surface area contributed by atoms with E-state index >= 15 is 0 Å². The number of rotatable bonds is 5. The monoisotopic (exact) mass is 702 g/mol. The molecule has 0 radical (unpaired) electrons. The fourth-order valence-electron chi connectivity index (χ4n) is 8.29. The van der Waals surface area contributed by atoms with Crippen molar-refractivity contribution in [1.82, 2.24) is 0 Å². The van der Waals surface area contributed by atoms with E-state index in [4.69, 9.17) is 4.52 Å². The molecule has 0 fully saturated rings. The van der Waals surface area contributed by atoms with E-state index in [1.807, 2.05) is 60.7 Å². The predicted octanol–water partition coefficient (Wildman–Crippen LogP) is 13.1. The third-order valence-electron chi connectivity index (χ3n) is 10.4. The summed E-state index contributed by atoms with van der Waals surface area (Å²) >= 11 is 0. The van der Waals surface area contributed by atoms with E-state index in [9.17, 15) is 14.4 Å². The van der Waals surface area contributed by atoms with Crippen LogP contribution in [0.2, 0.25) is 0 Å². The lowest BCUT2D eigenvalue weighted by Gasteiger charge is -2.23. The summed E-state index contributed by atoms with van der Waals surface area (Å²) in [4.78, 5) is 21.4. The molecule has 0 saturated heterocycles. The molecule has 5 heteroatoms. The predicted molar refractivity (Wildman–Crippen MR) is 220 cm³/mol. The Bertz CT molecular complexity index is 3050. The first kappa shape index (κ1) is 31.4. The summed E-state index contributed by atoms with van der Waals surface area (Å²) in [7, 11) is -5.08. The maximum Gasteiger partial charge on any atom is 0.524 e. The summed E-state index contributed by atoms with van der Waals surface area (Å²) in [5.74, 6) is 0.142. The van der Waals surface area contributed by atoms with Gasteiger partial charge < -0.3 is 4.52 Å². The molecular formula is C48H31O4P. The average molecular weight is 703 g/mol. The summed E-state index contributed by atoms with van der Waals surface area (Å²) in [6.07, 6.45) is 0. The Labute approximate surface area is 305 Å². The molecule has 0 heterocycles. The van der Waals surface area contributed by atoms with E-state index in [1.165, 1.54) is 0 Å². The van der Waals surface area contributed by atoms with Crippen molar-refractivity contribution in [2.45, 2.75) is 0 Å². The van der Waals surface area contributed by atoms with Gasteiger partial charge in [-0.15, -0.1) is 0 Å². The second kappa shape index (κ2) is 12.2. The summed E-state index contributed by atoms with van der Waals surface area (Å²) in [6, 6.07) is 60.2. The Morgan fingerprint density at radius 1 is 0.358 bits per heavy atom. The highest BCUT2D eigenvalue weighted by Gasteiger charge is 2.28. The van der Waals surface area contributed by atoms with Gasteiger partial charge in [0.1, 0.15) is 5.75 Å². The Kier molecular flexibility index (Phi) is 7.21. The highest BCUT2D eigenvalue weighted by molar-refractivity contribution is 7.46. The second-order valence-electron chi connectivity index (χ2n) is 13.6. The molecule has 0 atom stereocenters. The van der Waals surface area contributed by atoms with Gasteiger partial charge in [0.25, 0.3) is 0 Å². The van der Waals surface area contributed by atoms with E-state index < -0.39 is 7.82 Å². The first-order valence-electron chi connectivity index (χ1n) is 17.6. The highest BCUT2D eigenvalue weighted by atomic mass is 31.2. The molecule has 4 nitrogen and oxygen atoms in total. The molecule has 0 aliphatic carbocycles. The molecule has 10 aromatic carbocycles. The van der Waals surface area contributed by atoms with Crippen molar-refractivity contribution >= 4 is 72.5 Å². The number of hydrogen-bond donors (Lipinski definition) is 2. The number of phosphoric acid groups is 1. The van der Waals surface area contributed by atoms with Crippen LogP contribution in [0.1, 0.15) is 0 Å². The largest absolute Gasteiger partial charge is 0.524 e. The van der Waals surface area contributed by atoms with E-state index in [1.54, 1.807) is 0 Å². The summed E-state index contributed by atoms with van der Waals surface area (Å²) in [6.45, 7) is 0. The molecule has 0 amide bonds. The highest BCUT2D eigenvalue weighted by Crippen LogP contribution is 2.54. The number of fused-ring (bicyclic) bond motifs is 6. The third-order valence-corrected chi connectivity index (χ3v) is 10.9. The minimum absolute atomic E-state index is 0.142. The number of phosphoric ester groups is 1. The molecular weight excluding hydrogens is 671 g/mol. The third kappa shape index (κ3) is 5.27. The zero-order valence-corrected chi connectivity index (χ0v) is 29.3. The van der Waals surface area contributed by atoms with Crippen molar-refractivity contribution in [3.05, 3.63) is 176 Å². The minimum Gasteiger partial charge on any atom is -0.403 e. The van der Waals surface area contributed by atoms with Gasteiger partial charge in [-0.2, -0.15) is 0 Å². The summed E-state index contributed by atoms with van der Waals surface area (Å²) in [5.41, 5.74) is 5.01. The van der Waals surface area contributed by atoms with Gasteiger partial charge >= 0.3 is 7.82 Å². The van der Waals surface area contributed by atoms with Crippen LogP contribution in [0.15, 0.2) is 176 Å². The lowest BCUT2D eigenvalue weighted by Crippen LogP contribution is -1.99. The van der Waals surface area contributed by atoms with Crippen LogP contribution in [-0.4, -0.2) is 9.79 Å². The van der Waals surface area contributed by atoms with Crippen LogP contribution >= 0.6 is 7.82 Å². The molecule has 10 aromatic rings. The van der Waals surface area contributed by atoms with Crippen molar-refractivity contribution in [2.24, 2.45) is 0 Å². The van der Waals surface area contributed by atoms with Crippen LogP contribution < -0.4 is 4.52 Å². The lowest BCUT2D eigenvalue weighted by atomic mass is 9.84. The van der Waals surface area contributed by atoms with Gasteiger partial charge in [0, 0.05) is 16.7 Å². The van der Waals surface area contributed by atoms with Crippen molar-refractivity contribution in [2.75, 3.05) is 0 Å². The standard InChI is InChI=1S/C48H31O4P/c49-53(50,51)52-48-44(46-40-22-10-4-16-33(40)26-34-17-5-11-23-41(34)46)28-35-18-6-12-24-42(35)47(48)43-29-36(27-30-13-1-7-19-37(30)43)45-38-20-8-2-14-31(38)25-32-15-3-9-21-39(32)45/h1-29H,(H2,49,50,51). The van der Waals surface area contributed by atoms with Gasteiger partial charge in [0.2, 0.25) is 0 Å². The molecule has 0 spiro atoms. The molecule has 0 aliphatic heterocycles. The van der Waals surface area contributed by atoms with Crippen LogP contribution in [-0.2, 0) is 4.57 Å². The summed E-state index contributed by atoms with van der Waals surface area (Å²) < 4.78 is 19.1. The molecule has 0 aliphatic rings. The summed E-state index contributed by atoms with van der Waals surface area (Å²) in [5, 5.41) is 12.2. The Balaban J connectivity index is 1.40. The Hall–Kier alpha value is -6.29. The smallest absolute Gasteiger partial charge is 0.403 e. The van der Waals surface area contributed by atoms with E-state index in [2.05, 4.69) is 115 Å². The van der Waals surface area contributed by atoms with Crippen molar-refractivity contribution < 1.29 is 18.9 Å². The molecule has 0 aromatic heterocycles. The first-order chi connectivity index (χ1) is 25.9. The molecule has 0 bridgehead atoms. The fraction of sp³-hybridized carbons (Fsp3) is 0. The van der Waals surface area contributed by atoms with Crippen molar-refractivity contribution in [1.29, 1.82) is 0 Å². The maximum atomic E-state index is 13.1. The minimum atomic E-state index is -5.08. The number of benzene rings is 10. The van der Waals surface area contributed by atoms with Crippen molar-refractivity contribution in [3.8, 4) is 39.1 Å². The average Bonchev–Trinajstić information content (AvgIpc) is 3.18. The molecule has 2 N–H and O–H groups in total. The molecule has 0 unspecified atom stereocenters. The second-order valence-corrected chi connectivity index (χ2v) is 14.7. The molecule has 252 valence electrons. The van der Waals surface area contributed by atoms with Crippen LogP contribution in [0.5, 0.6) is 5.75 Å². The van der Waals surface area contributed by atoms with Gasteiger partial charge in [-0.3, -0.25) is 9.79 Å². The lowest BCUT2D eigenvalue weighted by molar-refractivity contribution is 0.284. The van der Waals surface area contributed by atoms with Gasteiger partial charge in [0.15, 0.2) is 0 Å². The first-order valence-corrected chi connectivity index (χ1v) is 19.1. The molecule has 53 heavy (non-hydrogen) atoms. The topological polar surface area (TPSA) is 66.8 Å². The van der Waals surface area contributed by atoms with Crippen molar-refractivity contribution in [3.63, 3.8) is 0 Å².